The summed E-state index contributed by atoms with van der Waals surface area (Å²) in [7, 11) is 0. The molecule has 8 nitrogen and oxygen atoms in total. The maximum atomic E-state index is 14.4. The highest BCUT2D eigenvalue weighted by Crippen LogP contribution is 2.38. The summed E-state index contributed by atoms with van der Waals surface area (Å²) in [5.74, 6) is 0.355. The van der Waals surface area contributed by atoms with Crippen LogP contribution in [0.2, 0.25) is 5.02 Å². The van der Waals surface area contributed by atoms with Crippen molar-refractivity contribution in [3.05, 3.63) is 59.2 Å². The third kappa shape index (κ3) is 4.43. The quantitative estimate of drug-likeness (QED) is 0.544. The van der Waals surface area contributed by atoms with Gasteiger partial charge in [-0.2, -0.15) is 0 Å². The molecule has 0 bridgehead atoms. The van der Waals surface area contributed by atoms with Gasteiger partial charge in [-0.3, -0.25) is 9.36 Å². The van der Waals surface area contributed by atoms with Crippen molar-refractivity contribution in [2.24, 2.45) is 5.73 Å². The standard InChI is InChI=1S/C25H24ClFN4O4/c26-15-5-6-23-18(10-15)14(7-8-35-23)9-22(32)21-11-16(27)12-31(21)25(34)29-19-13-30(24(28)33)20-4-2-1-3-17(19)20/h1-6,10,13-14,16,21H,7-9,11-12H2,(H2,28,33)(H,29,34)/t14?,16-,21+/m1/s1. The molecule has 3 amide bonds. The summed E-state index contributed by atoms with van der Waals surface area (Å²) in [6, 6.07) is 10.1. The number of alkyl halides is 1. The topological polar surface area (TPSA) is 107 Å². The fraction of sp³-hybridized carbons (Fsp3) is 0.320. The number of urea groups is 1. The van der Waals surface area contributed by atoms with Crippen molar-refractivity contribution < 1.29 is 23.5 Å². The summed E-state index contributed by atoms with van der Waals surface area (Å²) in [6.45, 7) is 0.282. The number of carbonyl (C=O) groups is 3. The van der Waals surface area contributed by atoms with Crippen LogP contribution in [0.4, 0.5) is 19.7 Å². The first-order valence-electron chi connectivity index (χ1n) is 11.4. The third-order valence-electron chi connectivity index (χ3n) is 6.66. The van der Waals surface area contributed by atoms with Gasteiger partial charge >= 0.3 is 12.1 Å². The van der Waals surface area contributed by atoms with Gasteiger partial charge in [0.2, 0.25) is 0 Å². The lowest BCUT2D eigenvalue weighted by molar-refractivity contribution is -0.123. The molecule has 3 N–H and O–H groups in total. The van der Waals surface area contributed by atoms with Crippen LogP contribution < -0.4 is 15.8 Å². The van der Waals surface area contributed by atoms with Crippen molar-refractivity contribution in [1.29, 1.82) is 0 Å². The molecule has 182 valence electrons. The lowest BCUT2D eigenvalue weighted by Gasteiger charge is -2.28. The molecule has 1 fully saturated rings. The number of primary amides is 1. The van der Waals surface area contributed by atoms with E-state index in [9.17, 15) is 18.8 Å². The number of nitrogens with two attached hydrogens (primary N) is 1. The minimum absolute atomic E-state index is 0.0546. The smallest absolute Gasteiger partial charge is 0.323 e. The summed E-state index contributed by atoms with van der Waals surface area (Å²) in [4.78, 5) is 39.5. The molecule has 0 aliphatic carbocycles. The van der Waals surface area contributed by atoms with E-state index in [0.717, 1.165) is 5.56 Å². The maximum Gasteiger partial charge on any atom is 0.323 e. The Labute approximate surface area is 205 Å². The minimum Gasteiger partial charge on any atom is -0.493 e. The Morgan fingerprint density at radius 2 is 2.00 bits per heavy atom. The van der Waals surface area contributed by atoms with Crippen LogP contribution in [0.1, 0.15) is 30.7 Å². The number of fused-ring (bicyclic) bond motifs is 2. The fourth-order valence-corrected chi connectivity index (χ4v) is 5.17. The lowest BCUT2D eigenvalue weighted by atomic mass is 9.87. The highest BCUT2D eigenvalue weighted by atomic mass is 35.5. The second-order valence-electron chi connectivity index (χ2n) is 8.89. The van der Waals surface area contributed by atoms with Gasteiger partial charge in [-0.15, -0.1) is 0 Å². The van der Waals surface area contributed by atoms with E-state index in [-0.39, 0.29) is 31.1 Å². The Kier molecular flexibility index (Phi) is 6.10. The number of hydrogen-bond donors (Lipinski definition) is 2. The summed E-state index contributed by atoms with van der Waals surface area (Å²) in [5.41, 5.74) is 7.18. The first-order valence-corrected chi connectivity index (χ1v) is 11.8. The molecule has 2 aliphatic heterocycles. The molecular formula is C25H24ClFN4O4. The second-order valence-corrected chi connectivity index (χ2v) is 9.32. The Bertz CT molecular complexity index is 1330. The average Bonchev–Trinajstić information content (AvgIpc) is 3.41. The number of Topliss-reactive ketones (excluding diaryl/α,β-unsaturated/α-hetero) is 1. The fourth-order valence-electron chi connectivity index (χ4n) is 4.99. The van der Waals surface area contributed by atoms with Crippen LogP contribution in [0.5, 0.6) is 5.75 Å². The van der Waals surface area contributed by atoms with Crippen LogP contribution in [0, 0.1) is 0 Å². The molecule has 3 heterocycles. The van der Waals surface area contributed by atoms with E-state index < -0.39 is 24.3 Å². The summed E-state index contributed by atoms with van der Waals surface area (Å²) < 4.78 is 21.3. The van der Waals surface area contributed by atoms with Gasteiger partial charge in [-0.05, 0) is 42.2 Å². The number of nitrogens with one attached hydrogen (secondary N) is 1. The minimum atomic E-state index is -1.31. The Balaban J connectivity index is 1.35. The monoisotopic (exact) mass is 498 g/mol. The molecule has 35 heavy (non-hydrogen) atoms. The van der Waals surface area contributed by atoms with E-state index in [2.05, 4.69) is 5.32 Å². The number of amides is 3. The first-order chi connectivity index (χ1) is 16.8. The molecule has 3 atom stereocenters. The number of likely N-dealkylation sites (tertiary alicyclic amines) is 1. The number of anilines is 1. The van der Waals surface area contributed by atoms with Gasteiger partial charge in [0.25, 0.3) is 0 Å². The molecule has 0 saturated carbocycles. The molecule has 5 rings (SSSR count). The van der Waals surface area contributed by atoms with Gasteiger partial charge in [0.05, 0.1) is 30.4 Å². The van der Waals surface area contributed by atoms with Crippen molar-refractivity contribution in [3.63, 3.8) is 0 Å². The average molecular weight is 499 g/mol. The summed E-state index contributed by atoms with van der Waals surface area (Å²) in [5, 5.41) is 3.89. The highest BCUT2D eigenvalue weighted by Gasteiger charge is 2.41. The summed E-state index contributed by atoms with van der Waals surface area (Å²) >= 11 is 6.15. The largest absolute Gasteiger partial charge is 0.493 e. The van der Waals surface area contributed by atoms with Crippen molar-refractivity contribution in [2.45, 2.75) is 37.4 Å². The molecular weight excluding hydrogens is 475 g/mol. The van der Waals surface area contributed by atoms with Crippen LogP contribution in [0.15, 0.2) is 48.7 Å². The number of ether oxygens (including phenoxy) is 1. The molecule has 10 heteroatoms. The van der Waals surface area contributed by atoms with Crippen LogP contribution >= 0.6 is 11.6 Å². The normalized spacial score (nSPS) is 21.4. The number of rotatable bonds is 4. The van der Waals surface area contributed by atoms with E-state index in [0.29, 0.717) is 40.4 Å². The van der Waals surface area contributed by atoms with Crippen LogP contribution in [-0.4, -0.2) is 52.7 Å². The predicted octanol–water partition coefficient (Wildman–Crippen LogP) is 4.69. The molecule has 0 radical (unpaired) electrons. The predicted molar refractivity (Wildman–Crippen MR) is 130 cm³/mol. The summed E-state index contributed by atoms with van der Waals surface area (Å²) in [6.07, 6.45) is 0.842. The van der Waals surface area contributed by atoms with E-state index in [4.69, 9.17) is 22.1 Å². The first kappa shape index (κ1) is 23.2. The van der Waals surface area contributed by atoms with Crippen LogP contribution in [0.25, 0.3) is 10.9 Å². The second kappa shape index (κ2) is 9.22. The zero-order chi connectivity index (χ0) is 24.7. The number of carbonyl (C=O) groups excluding carboxylic acids is 3. The number of nitrogens with zero attached hydrogens (tertiary/aromatic N) is 2. The number of hydrogen-bond acceptors (Lipinski definition) is 4. The van der Waals surface area contributed by atoms with E-state index in [1.165, 1.54) is 15.7 Å². The Morgan fingerprint density at radius 3 is 2.80 bits per heavy atom. The van der Waals surface area contributed by atoms with Crippen molar-refractivity contribution >= 4 is 46.0 Å². The van der Waals surface area contributed by atoms with Gasteiger partial charge in [0.15, 0.2) is 5.78 Å². The number of para-hydroxylation sites is 1. The zero-order valence-corrected chi connectivity index (χ0v) is 19.5. The van der Waals surface area contributed by atoms with E-state index in [1.807, 2.05) is 0 Å². The SMILES string of the molecule is NC(=O)n1cc(NC(=O)N2C[C@H](F)C[C@H]2C(=O)CC2CCOc3ccc(Cl)cc32)c2ccccc21. The molecule has 1 aromatic heterocycles. The van der Waals surface area contributed by atoms with Crippen molar-refractivity contribution in [3.8, 4) is 5.75 Å². The third-order valence-corrected chi connectivity index (χ3v) is 6.89. The van der Waals surface area contributed by atoms with E-state index >= 15 is 0 Å². The zero-order valence-electron chi connectivity index (χ0n) is 18.7. The molecule has 1 saturated heterocycles. The van der Waals surface area contributed by atoms with Crippen LogP contribution in [-0.2, 0) is 4.79 Å². The Hall–Kier alpha value is -3.59. The van der Waals surface area contributed by atoms with Crippen molar-refractivity contribution in [1.82, 2.24) is 9.47 Å². The maximum absolute atomic E-state index is 14.4. The molecule has 0 spiro atoms. The van der Waals surface area contributed by atoms with E-state index in [1.54, 1.807) is 42.5 Å². The van der Waals surface area contributed by atoms with Gasteiger partial charge in [-0.1, -0.05) is 29.8 Å². The molecule has 2 aliphatic rings. The number of benzene rings is 2. The Morgan fingerprint density at radius 1 is 1.20 bits per heavy atom. The van der Waals surface area contributed by atoms with Gasteiger partial charge < -0.3 is 20.7 Å². The highest BCUT2D eigenvalue weighted by molar-refractivity contribution is 6.30. The number of ketones is 1. The number of halogens is 2. The molecule has 2 aromatic carbocycles. The number of aromatic nitrogens is 1. The van der Waals surface area contributed by atoms with Gasteiger partial charge in [0, 0.05) is 29.4 Å². The van der Waals surface area contributed by atoms with Crippen LogP contribution in [0.3, 0.4) is 0 Å². The lowest BCUT2D eigenvalue weighted by Crippen LogP contribution is -2.43. The molecule has 3 aromatic rings. The van der Waals surface area contributed by atoms with Crippen molar-refractivity contribution in [2.75, 3.05) is 18.5 Å². The van der Waals surface area contributed by atoms with Gasteiger partial charge in [0.1, 0.15) is 11.9 Å². The van der Waals surface area contributed by atoms with Gasteiger partial charge in [-0.25, -0.2) is 14.0 Å². The molecule has 1 unspecified atom stereocenters.